The summed E-state index contributed by atoms with van der Waals surface area (Å²) in [5.74, 6) is 0. The fourth-order valence-electron chi connectivity index (χ4n) is 0. The van der Waals surface area contributed by atoms with E-state index in [0.29, 0.717) is 0 Å². The van der Waals surface area contributed by atoms with Gasteiger partial charge in [0.1, 0.15) is 0 Å². The number of hydrogen-bond donors (Lipinski definition) is 0. The molecule has 180 valence electrons. The molecule has 0 bridgehead atoms. The van der Waals surface area contributed by atoms with E-state index < -0.39 is 0 Å². The molecule has 0 rings (SSSR count). The van der Waals surface area contributed by atoms with Crippen LogP contribution in [0.2, 0.25) is 0 Å². The molecule has 0 N–H and O–H groups in total. The smallest absolute Gasteiger partial charge is 0.517 e. The molecule has 0 heterocycles. The zero-order valence-corrected chi connectivity index (χ0v) is 28.6. The summed E-state index contributed by atoms with van der Waals surface area (Å²) in [6.07, 6.45) is 0. The van der Waals surface area contributed by atoms with E-state index in [9.17, 15) is 0 Å². The van der Waals surface area contributed by atoms with E-state index in [1.54, 1.807) is 0 Å². The topological polar surface area (TPSA) is 55.4 Å². The summed E-state index contributed by atoms with van der Waals surface area (Å²) in [5, 5.41) is 0. The van der Waals surface area contributed by atoms with E-state index in [0.717, 1.165) is 0 Å². The normalized spacial score (nSPS) is 6.39. The average Bonchev–Trinajstić information content (AvgIpc) is 2.69. The molecule has 0 saturated carbocycles. The van der Waals surface area contributed by atoms with Gasteiger partial charge in [-0.25, -0.2) is 0 Å². The molecule has 0 aliphatic carbocycles. The Balaban J connectivity index is -0.0000000443. The van der Waals surface area contributed by atoms with Crippen LogP contribution in [0.4, 0.5) is 0 Å². The molecule has 31 heavy (non-hydrogen) atoms. The summed E-state index contributed by atoms with van der Waals surface area (Å²) in [4.78, 5) is 0. The first-order valence-corrected chi connectivity index (χ1v) is 11.0. The van der Waals surface area contributed by atoms with Gasteiger partial charge in [-0.2, -0.15) is 0 Å². The van der Waals surface area contributed by atoms with E-state index >= 15 is 0 Å². The van der Waals surface area contributed by atoms with Crippen LogP contribution in [0.15, 0.2) is 0 Å². The number of methoxy groups -OCH3 is 6. The van der Waals surface area contributed by atoms with Crippen LogP contribution < -0.4 is 0 Å². The van der Waals surface area contributed by atoms with Gasteiger partial charge in [0.15, 0.2) is 0 Å². The fourth-order valence-corrected chi connectivity index (χ4v) is 0. The fraction of sp³-hybridized carbons (Fsp3) is 0.500. The van der Waals surface area contributed by atoms with Crippen molar-refractivity contribution in [1.29, 1.82) is 0 Å². The second kappa shape index (κ2) is 44.9. The summed E-state index contributed by atoms with van der Waals surface area (Å²) in [6, 6.07) is 0. The average molecular weight is 739 g/mol. The first-order valence-electron chi connectivity index (χ1n) is 6.12. The quantitative estimate of drug-likeness (QED) is 0.208. The van der Waals surface area contributed by atoms with Gasteiger partial charge in [0, 0.05) is 26.3 Å². The van der Waals surface area contributed by atoms with Crippen LogP contribution in [-0.2, 0) is 125 Å². The van der Waals surface area contributed by atoms with Crippen LogP contribution in [0.5, 0.6) is 0 Å². The molecule has 0 aromatic rings. The van der Waals surface area contributed by atoms with Crippen molar-refractivity contribution >= 4 is 175 Å². The van der Waals surface area contributed by atoms with Crippen LogP contribution in [0.25, 0.3) is 0 Å². The Kier molecular flexibility index (Phi) is 71.7. The van der Waals surface area contributed by atoms with E-state index in [-0.39, 0.29) is 47.4 Å². The molecule has 0 unspecified atom stereocenters. The largest absolute Gasteiger partial charge is 6.00 e. The van der Waals surface area contributed by atoms with Gasteiger partial charge < -0.3 is 178 Å². The van der Waals surface area contributed by atoms with Gasteiger partial charge in [-0.05, 0) is 0 Å². The zero-order valence-electron chi connectivity index (χ0n) is 16.8. The van der Waals surface area contributed by atoms with Gasteiger partial charge in [0.05, 0.1) is 42.7 Å². The SMILES string of the molecule is COC(=S)[S-].COC(=S)[S-].COC(=S)[S-].COC(=S)[S-].COC(=S)[S-].COC(=S)[S-].[Mo+6]. The Labute approximate surface area is 264 Å². The van der Waals surface area contributed by atoms with E-state index in [1.807, 2.05) is 0 Å². The van der Waals surface area contributed by atoms with Crippen molar-refractivity contribution in [3.8, 4) is 0 Å². The van der Waals surface area contributed by atoms with Crippen LogP contribution >= 0.6 is 73.3 Å². The summed E-state index contributed by atoms with van der Waals surface area (Å²) in [6.45, 7) is 0. The van der Waals surface area contributed by atoms with Crippen molar-refractivity contribution in [3.05, 3.63) is 0 Å². The van der Waals surface area contributed by atoms with Crippen molar-refractivity contribution in [2.75, 3.05) is 42.7 Å². The Morgan fingerprint density at radius 3 is 0.387 bits per heavy atom. The molecule has 0 atom stereocenters. The summed E-state index contributed by atoms with van der Waals surface area (Å²) < 4.78 is 26.8. The van der Waals surface area contributed by atoms with E-state index in [4.69, 9.17) is 0 Å². The molecule has 0 aromatic carbocycles. The molecule has 0 aliphatic heterocycles. The molecule has 0 spiro atoms. The number of ether oxygens (including phenoxy) is 6. The number of rotatable bonds is 0. The Bertz CT molecular complexity index is 372. The summed E-state index contributed by atoms with van der Waals surface area (Å²) >= 11 is 51.5. The molecule has 0 saturated heterocycles. The maximum atomic E-state index is 4.30. The minimum atomic E-state index is 0. The monoisotopic (exact) mass is 740 g/mol. The Morgan fingerprint density at radius 2 is 0.387 bits per heavy atom. The molecular weight excluding hydrogens is 721 g/mol. The Hall–Kier alpha value is 1.35. The van der Waals surface area contributed by atoms with Gasteiger partial charge in [0.2, 0.25) is 0 Å². The first-order chi connectivity index (χ1) is 13.6. The third-order valence-electron chi connectivity index (χ3n) is 1.00. The standard InChI is InChI=1S/6C2H4OS2.Mo/c6*1-3-2(4)5;/h6*1H3,(H,4,5);/q;;;;;;+6/p-6. The van der Waals surface area contributed by atoms with Gasteiger partial charge >= 0.3 is 21.1 Å². The third kappa shape index (κ3) is 152. The maximum absolute atomic E-state index is 4.30. The summed E-state index contributed by atoms with van der Waals surface area (Å²) in [7, 11) is 8.72. The number of hydrogen-bond acceptors (Lipinski definition) is 18. The third-order valence-corrected chi connectivity index (χ3v) is 3.00. The van der Waals surface area contributed by atoms with Gasteiger partial charge in [-0.1, -0.05) is 0 Å². The molecule has 6 nitrogen and oxygen atoms in total. The van der Waals surface area contributed by atoms with Crippen molar-refractivity contribution in [2.24, 2.45) is 0 Å². The second-order valence-electron chi connectivity index (χ2n) is 2.72. The molecular formula is C12H18MoO6S12. The van der Waals surface area contributed by atoms with Crippen molar-refractivity contribution in [2.45, 2.75) is 0 Å². The minimum absolute atomic E-state index is 0. The second-order valence-corrected chi connectivity index (χ2v) is 8.72. The van der Waals surface area contributed by atoms with Crippen molar-refractivity contribution in [3.63, 3.8) is 0 Å². The number of thiocarbonyl (C=S) groups is 6. The molecule has 0 radical (unpaired) electrons. The van der Waals surface area contributed by atoms with Crippen molar-refractivity contribution in [1.82, 2.24) is 0 Å². The molecule has 19 heteroatoms. The van der Waals surface area contributed by atoms with Crippen LogP contribution in [0, 0.1) is 0 Å². The summed E-state index contributed by atoms with van der Waals surface area (Å²) in [5.41, 5.74) is 0. The minimum Gasteiger partial charge on any atom is -0.517 e. The van der Waals surface area contributed by atoms with Crippen LogP contribution in [0.3, 0.4) is 0 Å². The molecule has 0 aliphatic rings. The van der Waals surface area contributed by atoms with E-state index in [1.165, 1.54) is 42.7 Å². The molecule has 0 fully saturated rings. The van der Waals surface area contributed by atoms with Gasteiger partial charge in [-0.15, -0.1) is 0 Å². The van der Waals surface area contributed by atoms with Crippen LogP contribution in [-0.4, -0.2) is 69.0 Å². The van der Waals surface area contributed by atoms with Gasteiger partial charge in [-0.3, -0.25) is 0 Å². The van der Waals surface area contributed by atoms with Crippen LogP contribution in [0.1, 0.15) is 0 Å². The Morgan fingerprint density at radius 1 is 0.355 bits per heavy atom. The van der Waals surface area contributed by atoms with E-state index in [2.05, 4.69) is 178 Å². The maximum Gasteiger partial charge on any atom is 6.00 e. The predicted molar refractivity (Wildman–Crippen MR) is 162 cm³/mol. The molecule has 0 amide bonds. The molecule has 0 aromatic heterocycles. The predicted octanol–water partition coefficient (Wildman–Crippen LogP) is 2.79. The first kappa shape index (κ1) is 49.5. The van der Waals surface area contributed by atoms with Gasteiger partial charge in [0.25, 0.3) is 0 Å². The van der Waals surface area contributed by atoms with Crippen molar-refractivity contribution < 1.29 is 49.5 Å². The zero-order chi connectivity index (χ0) is 25.7.